The topological polar surface area (TPSA) is 83.1 Å². The van der Waals surface area contributed by atoms with Gasteiger partial charge >= 0.3 is 5.97 Å². The quantitative estimate of drug-likeness (QED) is 0.461. The summed E-state index contributed by atoms with van der Waals surface area (Å²) < 4.78 is 20.9. The van der Waals surface area contributed by atoms with Gasteiger partial charge in [0, 0.05) is 17.5 Å². The Morgan fingerprint density at radius 3 is 2.48 bits per heavy atom. The molecule has 0 aromatic heterocycles. The van der Waals surface area contributed by atoms with Gasteiger partial charge < -0.3 is 24.3 Å². The number of aryl methyl sites for hydroxylation is 1. The highest BCUT2D eigenvalue weighted by molar-refractivity contribution is 6.31. The maximum atomic E-state index is 12.0. The van der Waals surface area contributed by atoms with E-state index >= 15 is 0 Å². The number of carbonyl (C=O) groups excluding carboxylic acids is 2. The van der Waals surface area contributed by atoms with Crippen LogP contribution < -0.4 is 19.5 Å². The largest absolute Gasteiger partial charge is 0.497 e. The number of amides is 1. The lowest BCUT2D eigenvalue weighted by atomic mass is 10.2. The van der Waals surface area contributed by atoms with E-state index in [1.807, 2.05) is 13.0 Å². The number of methoxy groups -OCH3 is 2. The lowest BCUT2D eigenvalue weighted by Gasteiger charge is -2.12. The van der Waals surface area contributed by atoms with E-state index in [2.05, 4.69) is 5.32 Å². The summed E-state index contributed by atoms with van der Waals surface area (Å²) in [7, 11) is 3.02. The molecular weight excluding hydrogens is 398 g/mol. The number of rotatable bonds is 10. The van der Waals surface area contributed by atoms with Crippen LogP contribution in [0.1, 0.15) is 18.4 Å². The minimum atomic E-state index is -0.474. The zero-order valence-corrected chi connectivity index (χ0v) is 17.4. The Bertz CT molecular complexity index is 855. The number of benzene rings is 2. The van der Waals surface area contributed by atoms with Gasteiger partial charge in [0.05, 0.1) is 26.5 Å². The molecule has 0 heterocycles. The third-order valence-electron chi connectivity index (χ3n) is 3.97. The summed E-state index contributed by atoms with van der Waals surface area (Å²) in [4.78, 5) is 23.8. The van der Waals surface area contributed by atoms with Crippen molar-refractivity contribution in [2.24, 2.45) is 0 Å². The van der Waals surface area contributed by atoms with Gasteiger partial charge in [0.25, 0.3) is 5.91 Å². The summed E-state index contributed by atoms with van der Waals surface area (Å²) in [6, 6.07) is 10.3. The van der Waals surface area contributed by atoms with Gasteiger partial charge in [-0.1, -0.05) is 11.6 Å². The summed E-state index contributed by atoms with van der Waals surface area (Å²) in [5.41, 5.74) is 1.38. The molecule has 7 nitrogen and oxygen atoms in total. The first-order valence-corrected chi connectivity index (χ1v) is 9.37. The fourth-order valence-corrected chi connectivity index (χ4v) is 2.54. The van der Waals surface area contributed by atoms with E-state index in [0.29, 0.717) is 41.0 Å². The van der Waals surface area contributed by atoms with Crippen molar-refractivity contribution in [1.29, 1.82) is 0 Å². The second-order valence-electron chi connectivity index (χ2n) is 6.14. The zero-order valence-electron chi connectivity index (χ0n) is 16.6. The number of anilines is 1. The Balaban J connectivity index is 1.69. The molecular formula is C21H24ClNO6. The first-order valence-electron chi connectivity index (χ1n) is 8.99. The van der Waals surface area contributed by atoms with Gasteiger partial charge in [0.15, 0.2) is 6.61 Å². The minimum absolute atomic E-state index is 0.145. The molecule has 1 N–H and O–H groups in total. The third kappa shape index (κ3) is 7.19. The van der Waals surface area contributed by atoms with Crippen LogP contribution in [-0.4, -0.2) is 39.3 Å². The molecule has 2 rings (SSSR count). The molecule has 0 unspecified atom stereocenters. The van der Waals surface area contributed by atoms with Crippen LogP contribution >= 0.6 is 11.6 Å². The number of ether oxygens (including phenoxy) is 4. The Morgan fingerprint density at radius 1 is 1.03 bits per heavy atom. The SMILES string of the molecule is COc1ccc(NC(=O)COC(=O)CCCOc2ccc(Cl)c(C)c2)c(OC)c1. The lowest BCUT2D eigenvalue weighted by molar-refractivity contribution is -0.147. The first kappa shape index (κ1) is 22.4. The molecule has 1 amide bonds. The number of hydrogen-bond donors (Lipinski definition) is 1. The van der Waals surface area contributed by atoms with Crippen molar-refractivity contribution in [2.75, 3.05) is 32.8 Å². The molecule has 0 aliphatic rings. The smallest absolute Gasteiger partial charge is 0.306 e. The van der Waals surface area contributed by atoms with Gasteiger partial charge in [-0.15, -0.1) is 0 Å². The van der Waals surface area contributed by atoms with Gasteiger partial charge in [-0.3, -0.25) is 9.59 Å². The maximum Gasteiger partial charge on any atom is 0.306 e. The van der Waals surface area contributed by atoms with Crippen LogP contribution in [-0.2, 0) is 14.3 Å². The molecule has 2 aromatic rings. The summed E-state index contributed by atoms with van der Waals surface area (Å²) in [6.07, 6.45) is 0.611. The minimum Gasteiger partial charge on any atom is -0.497 e. The maximum absolute atomic E-state index is 12.0. The van der Waals surface area contributed by atoms with E-state index in [1.54, 1.807) is 30.3 Å². The standard InChI is InChI=1S/C21H24ClNO6/c1-14-11-16(6-8-17(14)22)28-10-4-5-21(25)29-13-20(24)23-18-9-7-15(26-2)12-19(18)27-3/h6-9,11-12H,4-5,10,13H2,1-3H3,(H,23,24). The van der Waals surface area contributed by atoms with Crippen molar-refractivity contribution < 1.29 is 28.5 Å². The predicted octanol–water partition coefficient (Wildman–Crippen LogP) is 4.01. The van der Waals surface area contributed by atoms with Crippen molar-refractivity contribution in [1.82, 2.24) is 0 Å². The van der Waals surface area contributed by atoms with Gasteiger partial charge in [-0.25, -0.2) is 0 Å². The van der Waals surface area contributed by atoms with Crippen LogP contribution in [0.4, 0.5) is 5.69 Å². The molecule has 156 valence electrons. The second kappa shape index (κ2) is 11.2. The van der Waals surface area contributed by atoms with Crippen molar-refractivity contribution in [2.45, 2.75) is 19.8 Å². The Morgan fingerprint density at radius 2 is 1.79 bits per heavy atom. The van der Waals surface area contributed by atoms with E-state index in [-0.39, 0.29) is 13.0 Å². The monoisotopic (exact) mass is 421 g/mol. The van der Waals surface area contributed by atoms with Crippen LogP contribution in [0.2, 0.25) is 5.02 Å². The lowest BCUT2D eigenvalue weighted by Crippen LogP contribution is -2.21. The van der Waals surface area contributed by atoms with Crippen LogP contribution in [0.25, 0.3) is 0 Å². The van der Waals surface area contributed by atoms with Gasteiger partial charge in [0.1, 0.15) is 17.2 Å². The van der Waals surface area contributed by atoms with Crippen molar-refractivity contribution in [3.8, 4) is 17.2 Å². The Kier molecular flexibility index (Phi) is 8.61. The molecule has 29 heavy (non-hydrogen) atoms. The number of halogens is 1. The molecule has 0 saturated heterocycles. The Labute approximate surface area is 174 Å². The van der Waals surface area contributed by atoms with E-state index < -0.39 is 11.9 Å². The average molecular weight is 422 g/mol. The molecule has 0 bridgehead atoms. The fourth-order valence-electron chi connectivity index (χ4n) is 2.42. The van der Waals surface area contributed by atoms with Crippen LogP contribution in [0.5, 0.6) is 17.2 Å². The van der Waals surface area contributed by atoms with E-state index in [9.17, 15) is 9.59 Å². The van der Waals surface area contributed by atoms with Crippen LogP contribution in [0.15, 0.2) is 36.4 Å². The average Bonchev–Trinajstić information content (AvgIpc) is 2.72. The summed E-state index contributed by atoms with van der Waals surface area (Å²) >= 11 is 5.96. The first-order chi connectivity index (χ1) is 13.9. The molecule has 0 fully saturated rings. The molecule has 0 radical (unpaired) electrons. The van der Waals surface area contributed by atoms with Gasteiger partial charge in [-0.2, -0.15) is 0 Å². The second-order valence-corrected chi connectivity index (χ2v) is 6.55. The highest BCUT2D eigenvalue weighted by Crippen LogP contribution is 2.28. The van der Waals surface area contributed by atoms with E-state index in [1.165, 1.54) is 14.2 Å². The highest BCUT2D eigenvalue weighted by atomic mass is 35.5. The van der Waals surface area contributed by atoms with Crippen molar-refractivity contribution in [3.05, 3.63) is 47.0 Å². The Hall–Kier alpha value is -2.93. The van der Waals surface area contributed by atoms with E-state index in [4.69, 9.17) is 30.5 Å². The van der Waals surface area contributed by atoms with Gasteiger partial charge in [0.2, 0.25) is 0 Å². The highest BCUT2D eigenvalue weighted by Gasteiger charge is 2.11. The van der Waals surface area contributed by atoms with Gasteiger partial charge in [-0.05, 0) is 49.2 Å². The number of carbonyl (C=O) groups is 2. The molecule has 8 heteroatoms. The third-order valence-corrected chi connectivity index (χ3v) is 4.39. The van der Waals surface area contributed by atoms with E-state index in [0.717, 1.165) is 5.56 Å². The molecule has 0 spiro atoms. The summed E-state index contributed by atoms with van der Waals surface area (Å²) in [5.74, 6) is 0.793. The number of hydrogen-bond acceptors (Lipinski definition) is 6. The summed E-state index contributed by atoms with van der Waals surface area (Å²) in [6.45, 7) is 1.86. The zero-order chi connectivity index (χ0) is 21.2. The summed E-state index contributed by atoms with van der Waals surface area (Å²) in [5, 5.41) is 3.31. The van der Waals surface area contributed by atoms with Crippen LogP contribution in [0, 0.1) is 6.92 Å². The molecule has 0 atom stereocenters. The molecule has 0 saturated carbocycles. The molecule has 0 aliphatic heterocycles. The molecule has 2 aromatic carbocycles. The normalized spacial score (nSPS) is 10.2. The fraction of sp³-hybridized carbons (Fsp3) is 0.333. The number of esters is 1. The predicted molar refractivity (Wildman–Crippen MR) is 110 cm³/mol. The number of nitrogens with one attached hydrogen (secondary N) is 1. The van der Waals surface area contributed by atoms with Crippen LogP contribution in [0.3, 0.4) is 0 Å². The van der Waals surface area contributed by atoms with Crippen molar-refractivity contribution in [3.63, 3.8) is 0 Å². The van der Waals surface area contributed by atoms with Crippen molar-refractivity contribution >= 4 is 29.2 Å². The molecule has 0 aliphatic carbocycles.